The summed E-state index contributed by atoms with van der Waals surface area (Å²) in [5, 5.41) is 3.67. The molecule has 2 aromatic heterocycles. The normalized spacial score (nSPS) is 17.8. The van der Waals surface area contributed by atoms with Crippen molar-refractivity contribution in [3.05, 3.63) is 63.5 Å². The predicted molar refractivity (Wildman–Crippen MR) is 142 cm³/mol. The number of ether oxygens (including phenoxy) is 2. The molecule has 9 nitrogen and oxygen atoms in total. The van der Waals surface area contributed by atoms with Gasteiger partial charge in [-0.3, -0.25) is 14.2 Å². The molecule has 0 unspecified atom stereocenters. The quantitative estimate of drug-likeness (QED) is 0.470. The van der Waals surface area contributed by atoms with Crippen LogP contribution in [0.15, 0.2) is 35.4 Å². The number of aryl methyl sites for hydroxylation is 1. The standard InChI is InChI=1S/C28H32F3N5O4/c1-27(2,19-7-5-6-17(21(19)29)22(30)31)34-23-18-12-20(26(38)35(3)24(18)33-15-32-23)28(39-4)8-10-36(11-9-28)25(37)16-13-40-14-16/h5-7,12,15-16,22H,8-11,13-14H2,1-4H3,(H,32,33,34). The zero-order valence-electron chi connectivity index (χ0n) is 22.8. The van der Waals surface area contributed by atoms with E-state index in [9.17, 15) is 18.4 Å². The van der Waals surface area contributed by atoms with Crippen molar-refractivity contribution in [1.82, 2.24) is 19.4 Å². The Morgan fingerprint density at radius 1 is 1.23 bits per heavy atom. The predicted octanol–water partition coefficient (Wildman–Crippen LogP) is 3.86. The molecule has 2 saturated heterocycles. The Hall–Kier alpha value is -3.51. The number of nitrogens with zero attached hydrogens (tertiary/aromatic N) is 4. The van der Waals surface area contributed by atoms with E-state index in [4.69, 9.17) is 9.47 Å². The van der Waals surface area contributed by atoms with E-state index in [-0.39, 0.29) is 22.9 Å². The maximum absolute atomic E-state index is 15.1. The van der Waals surface area contributed by atoms with Gasteiger partial charge in [-0.2, -0.15) is 0 Å². The fourth-order valence-corrected chi connectivity index (χ4v) is 5.57. The summed E-state index contributed by atoms with van der Waals surface area (Å²) in [6, 6.07) is 5.58. The molecule has 0 saturated carbocycles. The summed E-state index contributed by atoms with van der Waals surface area (Å²) in [7, 11) is 3.14. The molecule has 1 amide bonds. The van der Waals surface area contributed by atoms with Gasteiger partial charge in [0.25, 0.3) is 12.0 Å². The number of anilines is 1. The van der Waals surface area contributed by atoms with Crippen molar-refractivity contribution in [3.8, 4) is 0 Å². The number of alkyl halides is 2. The maximum Gasteiger partial charge on any atom is 0.266 e. The molecule has 1 N–H and O–H groups in total. The lowest BCUT2D eigenvalue weighted by molar-refractivity contribution is -0.155. The van der Waals surface area contributed by atoms with Crippen LogP contribution in [-0.4, -0.2) is 58.8 Å². The van der Waals surface area contributed by atoms with Crippen LogP contribution in [0.3, 0.4) is 0 Å². The number of hydrogen-bond acceptors (Lipinski definition) is 7. The molecule has 12 heteroatoms. The van der Waals surface area contributed by atoms with Crippen LogP contribution in [0.4, 0.5) is 19.0 Å². The number of carbonyl (C=O) groups excluding carboxylic acids is 1. The van der Waals surface area contributed by atoms with Crippen molar-refractivity contribution in [2.75, 3.05) is 38.7 Å². The summed E-state index contributed by atoms with van der Waals surface area (Å²) in [4.78, 5) is 36.8. The van der Waals surface area contributed by atoms with Crippen LogP contribution < -0.4 is 10.9 Å². The largest absolute Gasteiger partial charge is 0.380 e. The van der Waals surface area contributed by atoms with Crippen LogP contribution in [0.2, 0.25) is 0 Å². The van der Waals surface area contributed by atoms with Gasteiger partial charge in [0.1, 0.15) is 29.2 Å². The van der Waals surface area contributed by atoms with Gasteiger partial charge in [0.05, 0.1) is 41.2 Å². The number of halogens is 3. The molecule has 2 aliphatic heterocycles. The third-order valence-electron chi connectivity index (χ3n) is 8.12. The van der Waals surface area contributed by atoms with Gasteiger partial charge in [-0.15, -0.1) is 0 Å². The van der Waals surface area contributed by atoms with Crippen molar-refractivity contribution in [3.63, 3.8) is 0 Å². The Labute approximate surface area is 229 Å². The average molecular weight is 560 g/mol. The zero-order valence-corrected chi connectivity index (χ0v) is 22.8. The molecule has 214 valence electrons. The number of fused-ring (bicyclic) bond motifs is 1. The van der Waals surface area contributed by atoms with Crippen LogP contribution in [0.25, 0.3) is 11.0 Å². The van der Waals surface area contributed by atoms with E-state index in [1.54, 1.807) is 39.0 Å². The van der Waals surface area contributed by atoms with Crippen LogP contribution >= 0.6 is 0 Å². The fraction of sp³-hybridized carbons (Fsp3) is 0.500. The summed E-state index contributed by atoms with van der Waals surface area (Å²) >= 11 is 0. The van der Waals surface area contributed by atoms with E-state index in [2.05, 4.69) is 15.3 Å². The molecule has 0 radical (unpaired) electrons. The lowest BCUT2D eigenvalue weighted by atomic mass is 9.83. The lowest BCUT2D eigenvalue weighted by Gasteiger charge is -2.42. The van der Waals surface area contributed by atoms with E-state index < -0.39 is 28.9 Å². The highest BCUT2D eigenvalue weighted by atomic mass is 19.3. The minimum absolute atomic E-state index is 0.0457. The number of likely N-dealkylation sites (tertiary alicyclic amines) is 1. The summed E-state index contributed by atoms with van der Waals surface area (Å²) in [5.74, 6) is -0.760. The molecule has 0 atom stereocenters. The van der Waals surface area contributed by atoms with Gasteiger partial charge in [0.15, 0.2) is 0 Å². The fourth-order valence-electron chi connectivity index (χ4n) is 5.57. The summed E-state index contributed by atoms with van der Waals surface area (Å²) in [6.45, 7) is 5.03. The van der Waals surface area contributed by atoms with Gasteiger partial charge in [-0.05, 0) is 32.8 Å². The van der Waals surface area contributed by atoms with E-state index in [0.29, 0.717) is 61.6 Å². The highest BCUT2D eigenvalue weighted by Gasteiger charge is 2.42. The number of aromatic nitrogens is 3. The smallest absolute Gasteiger partial charge is 0.266 e. The number of carbonyl (C=O) groups is 1. The van der Waals surface area contributed by atoms with Gasteiger partial charge < -0.3 is 19.7 Å². The molecule has 40 heavy (non-hydrogen) atoms. The monoisotopic (exact) mass is 559 g/mol. The van der Waals surface area contributed by atoms with Crippen molar-refractivity contribution >= 4 is 22.8 Å². The van der Waals surface area contributed by atoms with Crippen LogP contribution in [0.5, 0.6) is 0 Å². The number of hydrogen-bond donors (Lipinski definition) is 1. The van der Waals surface area contributed by atoms with Gasteiger partial charge in [0, 0.05) is 32.8 Å². The van der Waals surface area contributed by atoms with E-state index in [0.717, 1.165) is 6.07 Å². The second-order valence-electron chi connectivity index (χ2n) is 10.9. The van der Waals surface area contributed by atoms with Crippen molar-refractivity contribution in [2.24, 2.45) is 13.0 Å². The molecule has 1 aromatic carbocycles. The molecule has 3 aromatic rings. The third kappa shape index (κ3) is 4.72. The van der Waals surface area contributed by atoms with E-state index >= 15 is 4.39 Å². The first-order chi connectivity index (χ1) is 19.0. The Morgan fingerprint density at radius 3 is 2.52 bits per heavy atom. The molecule has 5 rings (SSSR count). The molecule has 2 fully saturated rings. The van der Waals surface area contributed by atoms with Gasteiger partial charge in [-0.1, -0.05) is 18.2 Å². The molecular formula is C28H32F3N5O4. The minimum atomic E-state index is -2.96. The Balaban J connectivity index is 1.52. The second kappa shape index (κ2) is 10.5. The number of nitrogens with one attached hydrogen (secondary N) is 1. The SMILES string of the molecule is COC1(c2cc3c(NC(C)(C)c4cccc(C(F)F)c4F)ncnc3n(C)c2=O)CCN(C(=O)C2COC2)CC1. The number of pyridine rings is 1. The van der Waals surface area contributed by atoms with Gasteiger partial charge >= 0.3 is 0 Å². The third-order valence-corrected chi connectivity index (χ3v) is 8.12. The molecule has 0 bridgehead atoms. The number of rotatable bonds is 7. The van der Waals surface area contributed by atoms with Crippen molar-refractivity contribution in [2.45, 2.75) is 44.3 Å². The van der Waals surface area contributed by atoms with Crippen LogP contribution in [0, 0.1) is 11.7 Å². The van der Waals surface area contributed by atoms with Gasteiger partial charge in [0.2, 0.25) is 5.91 Å². The number of methoxy groups -OCH3 is 1. The Kier molecular flexibility index (Phi) is 7.34. The summed E-state index contributed by atoms with van der Waals surface area (Å²) < 4.78 is 54.4. The van der Waals surface area contributed by atoms with E-state index in [1.807, 2.05) is 0 Å². The number of benzene rings is 1. The molecular weight excluding hydrogens is 527 g/mol. The first kappa shape index (κ1) is 28.0. The van der Waals surface area contributed by atoms with E-state index in [1.165, 1.54) is 23.0 Å². The molecule has 0 aliphatic carbocycles. The summed E-state index contributed by atoms with van der Waals surface area (Å²) in [5.41, 5.74) is -2.29. The minimum Gasteiger partial charge on any atom is -0.380 e. The van der Waals surface area contributed by atoms with Crippen LogP contribution in [-0.2, 0) is 32.5 Å². The molecule has 4 heterocycles. The average Bonchev–Trinajstić information content (AvgIpc) is 2.89. The van der Waals surface area contributed by atoms with Crippen LogP contribution in [0.1, 0.15) is 49.8 Å². The first-order valence-corrected chi connectivity index (χ1v) is 13.1. The number of amides is 1. The Bertz CT molecular complexity index is 1500. The first-order valence-electron chi connectivity index (χ1n) is 13.1. The lowest BCUT2D eigenvalue weighted by Crippen LogP contribution is -2.52. The molecule has 2 aliphatic rings. The molecule has 0 spiro atoms. The Morgan fingerprint density at radius 2 is 1.93 bits per heavy atom. The van der Waals surface area contributed by atoms with Crippen molar-refractivity contribution in [1.29, 1.82) is 0 Å². The highest BCUT2D eigenvalue weighted by Crippen LogP contribution is 2.38. The van der Waals surface area contributed by atoms with Crippen molar-refractivity contribution < 1.29 is 27.4 Å². The van der Waals surface area contributed by atoms with Gasteiger partial charge in [-0.25, -0.2) is 23.1 Å². The summed E-state index contributed by atoms with van der Waals surface area (Å²) in [6.07, 6.45) is -0.845. The zero-order chi connectivity index (χ0) is 28.8. The number of piperidine rings is 1. The maximum atomic E-state index is 15.1. The topological polar surface area (TPSA) is 98.6 Å². The second-order valence-corrected chi connectivity index (χ2v) is 10.9. The highest BCUT2D eigenvalue weighted by molar-refractivity contribution is 5.87.